The SMILES string of the molecule is CC1=CN=C(N)C1(C)O. The number of amidine groups is 1. The number of hydrogen-bond acceptors (Lipinski definition) is 3. The van der Waals surface area contributed by atoms with Gasteiger partial charge in [-0.2, -0.15) is 0 Å². The Morgan fingerprint density at radius 1 is 1.78 bits per heavy atom. The summed E-state index contributed by atoms with van der Waals surface area (Å²) in [6.45, 7) is 3.42. The van der Waals surface area contributed by atoms with Gasteiger partial charge in [0.05, 0.1) is 0 Å². The maximum atomic E-state index is 9.41. The van der Waals surface area contributed by atoms with Crippen molar-refractivity contribution in [2.45, 2.75) is 19.4 Å². The Hall–Kier alpha value is -0.830. The second-order valence-corrected chi connectivity index (χ2v) is 2.40. The molecule has 1 aliphatic heterocycles. The lowest BCUT2D eigenvalue weighted by Gasteiger charge is -2.17. The molecule has 0 spiro atoms. The van der Waals surface area contributed by atoms with Gasteiger partial charge in [-0.25, -0.2) is 4.99 Å². The third-order valence-corrected chi connectivity index (χ3v) is 1.66. The number of aliphatic imine (C=N–C) groups is 1. The summed E-state index contributed by atoms with van der Waals surface area (Å²) in [5.41, 5.74) is 5.14. The predicted octanol–water partition coefficient (Wildman–Crippen LogP) is 0.0120. The molecule has 1 heterocycles. The fraction of sp³-hybridized carbons (Fsp3) is 0.500. The summed E-state index contributed by atoms with van der Waals surface area (Å²) in [5, 5.41) is 9.41. The van der Waals surface area contributed by atoms with Gasteiger partial charge in [0.25, 0.3) is 0 Å². The summed E-state index contributed by atoms with van der Waals surface area (Å²) < 4.78 is 0. The van der Waals surface area contributed by atoms with E-state index >= 15 is 0 Å². The summed E-state index contributed by atoms with van der Waals surface area (Å²) in [4.78, 5) is 3.75. The second kappa shape index (κ2) is 1.57. The Kier molecular flexibility index (Phi) is 1.10. The quantitative estimate of drug-likeness (QED) is 0.480. The summed E-state index contributed by atoms with van der Waals surface area (Å²) in [7, 11) is 0. The van der Waals surface area contributed by atoms with Gasteiger partial charge in [0.1, 0.15) is 11.4 Å². The average Bonchev–Trinajstić information content (AvgIpc) is 1.96. The zero-order chi connectivity index (χ0) is 7.07. The maximum absolute atomic E-state index is 9.41. The van der Waals surface area contributed by atoms with Gasteiger partial charge in [-0.15, -0.1) is 0 Å². The van der Waals surface area contributed by atoms with Crippen molar-refractivity contribution in [3.05, 3.63) is 11.8 Å². The summed E-state index contributed by atoms with van der Waals surface area (Å²) in [6.07, 6.45) is 1.58. The molecule has 0 fully saturated rings. The number of aliphatic hydroxyl groups is 1. The number of rotatable bonds is 0. The van der Waals surface area contributed by atoms with Crippen LogP contribution in [-0.2, 0) is 0 Å². The second-order valence-electron chi connectivity index (χ2n) is 2.40. The zero-order valence-corrected chi connectivity index (χ0v) is 5.55. The Morgan fingerprint density at radius 3 is 2.44 bits per heavy atom. The average molecular weight is 126 g/mol. The molecule has 0 radical (unpaired) electrons. The molecular weight excluding hydrogens is 116 g/mol. The van der Waals surface area contributed by atoms with Gasteiger partial charge in [0.15, 0.2) is 0 Å². The largest absolute Gasteiger partial charge is 0.384 e. The molecule has 0 saturated carbocycles. The van der Waals surface area contributed by atoms with Crippen molar-refractivity contribution in [2.75, 3.05) is 0 Å². The zero-order valence-electron chi connectivity index (χ0n) is 5.55. The van der Waals surface area contributed by atoms with Gasteiger partial charge in [0, 0.05) is 6.20 Å². The van der Waals surface area contributed by atoms with Gasteiger partial charge >= 0.3 is 0 Å². The van der Waals surface area contributed by atoms with Gasteiger partial charge in [0.2, 0.25) is 0 Å². The smallest absolute Gasteiger partial charge is 0.141 e. The Balaban J connectivity index is 2.96. The van der Waals surface area contributed by atoms with Crippen LogP contribution in [0.1, 0.15) is 13.8 Å². The van der Waals surface area contributed by atoms with Crippen molar-refractivity contribution >= 4 is 5.84 Å². The van der Waals surface area contributed by atoms with E-state index in [0.29, 0.717) is 0 Å². The van der Waals surface area contributed by atoms with Crippen molar-refractivity contribution in [1.29, 1.82) is 0 Å². The Bertz CT molecular complexity index is 171. The lowest BCUT2D eigenvalue weighted by atomic mass is 9.99. The van der Waals surface area contributed by atoms with Crippen LogP contribution < -0.4 is 5.73 Å². The first-order chi connectivity index (χ1) is 4.05. The highest BCUT2D eigenvalue weighted by Gasteiger charge is 2.30. The predicted molar refractivity (Wildman–Crippen MR) is 36.0 cm³/mol. The molecule has 50 valence electrons. The van der Waals surface area contributed by atoms with E-state index in [0.717, 1.165) is 5.57 Å². The third kappa shape index (κ3) is 0.733. The molecule has 3 nitrogen and oxygen atoms in total. The lowest BCUT2D eigenvalue weighted by Crippen LogP contribution is -2.39. The van der Waals surface area contributed by atoms with E-state index in [9.17, 15) is 5.11 Å². The number of nitrogens with zero attached hydrogens (tertiary/aromatic N) is 1. The molecule has 3 N–H and O–H groups in total. The van der Waals surface area contributed by atoms with Crippen LogP contribution in [0.2, 0.25) is 0 Å². The molecule has 9 heavy (non-hydrogen) atoms. The highest BCUT2D eigenvalue weighted by molar-refractivity contribution is 5.94. The van der Waals surface area contributed by atoms with Gasteiger partial charge in [-0.3, -0.25) is 0 Å². The molecule has 1 atom stereocenters. The van der Waals surface area contributed by atoms with E-state index in [2.05, 4.69) is 4.99 Å². The molecule has 3 heteroatoms. The molecular formula is C6H10N2O. The van der Waals surface area contributed by atoms with E-state index in [4.69, 9.17) is 5.73 Å². The van der Waals surface area contributed by atoms with Gasteiger partial charge in [-0.1, -0.05) is 0 Å². The van der Waals surface area contributed by atoms with Crippen molar-refractivity contribution < 1.29 is 5.11 Å². The fourth-order valence-electron chi connectivity index (χ4n) is 0.620. The van der Waals surface area contributed by atoms with Crippen molar-refractivity contribution in [2.24, 2.45) is 10.7 Å². The van der Waals surface area contributed by atoms with Crippen molar-refractivity contribution in [1.82, 2.24) is 0 Å². The van der Waals surface area contributed by atoms with Crippen LogP contribution in [0.5, 0.6) is 0 Å². The van der Waals surface area contributed by atoms with Crippen LogP contribution in [0.25, 0.3) is 0 Å². The highest BCUT2D eigenvalue weighted by atomic mass is 16.3. The number of nitrogens with two attached hydrogens (primary N) is 1. The lowest BCUT2D eigenvalue weighted by molar-refractivity contribution is 0.173. The van der Waals surface area contributed by atoms with E-state index in [1.165, 1.54) is 0 Å². The van der Waals surface area contributed by atoms with Gasteiger partial charge < -0.3 is 10.8 Å². The van der Waals surface area contributed by atoms with Crippen LogP contribution in [0.15, 0.2) is 16.8 Å². The van der Waals surface area contributed by atoms with E-state index < -0.39 is 5.60 Å². The standard InChI is InChI=1S/C6H10N2O/c1-4-3-8-5(7)6(4,2)9/h3,9H,1-2H3,(H2,7,8). The number of hydrogen-bond donors (Lipinski definition) is 2. The summed E-state index contributed by atoms with van der Waals surface area (Å²) in [5.74, 6) is 0.278. The summed E-state index contributed by atoms with van der Waals surface area (Å²) in [6, 6.07) is 0. The molecule has 1 rings (SSSR count). The molecule has 0 saturated heterocycles. The minimum atomic E-state index is -1.00. The third-order valence-electron chi connectivity index (χ3n) is 1.66. The Morgan fingerprint density at radius 2 is 2.33 bits per heavy atom. The van der Waals surface area contributed by atoms with Crippen LogP contribution in [0.4, 0.5) is 0 Å². The topological polar surface area (TPSA) is 58.6 Å². The van der Waals surface area contributed by atoms with Crippen molar-refractivity contribution in [3.63, 3.8) is 0 Å². The van der Waals surface area contributed by atoms with Crippen LogP contribution in [-0.4, -0.2) is 16.5 Å². The monoisotopic (exact) mass is 126 g/mol. The fourth-order valence-corrected chi connectivity index (χ4v) is 0.620. The molecule has 0 bridgehead atoms. The summed E-state index contributed by atoms with van der Waals surface area (Å²) >= 11 is 0. The van der Waals surface area contributed by atoms with E-state index in [-0.39, 0.29) is 5.84 Å². The first kappa shape index (κ1) is 6.29. The van der Waals surface area contributed by atoms with Crippen molar-refractivity contribution in [3.8, 4) is 0 Å². The van der Waals surface area contributed by atoms with Crippen LogP contribution in [0, 0.1) is 0 Å². The molecule has 1 unspecified atom stereocenters. The first-order valence-electron chi connectivity index (χ1n) is 2.78. The Labute approximate surface area is 53.9 Å². The normalized spacial score (nSPS) is 34.1. The molecule has 0 aromatic rings. The maximum Gasteiger partial charge on any atom is 0.141 e. The minimum Gasteiger partial charge on any atom is -0.384 e. The minimum absolute atomic E-state index is 0.278. The highest BCUT2D eigenvalue weighted by Crippen LogP contribution is 2.20. The van der Waals surface area contributed by atoms with Crippen LogP contribution in [0.3, 0.4) is 0 Å². The first-order valence-corrected chi connectivity index (χ1v) is 2.78. The molecule has 0 aromatic heterocycles. The molecule has 0 aromatic carbocycles. The van der Waals surface area contributed by atoms with Crippen LogP contribution >= 0.6 is 0 Å². The molecule has 0 amide bonds. The molecule has 0 aliphatic carbocycles. The van der Waals surface area contributed by atoms with E-state index in [1.807, 2.05) is 0 Å². The molecule has 1 aliphatic rings. The van der Waals surface area contributed by atoms with E-state index in [1.54, 1.807) is 20.0 Å². The van der Waals surface area contributed by atoms with Gasteiger partial charge in [-0.05, 0) is 19.4 Å².